The van der Waals surface area contributed by atoms with E-state index in [9.17, 15) is 9.59 Å². The van der Waals surface area contributed by atoms with Gasteiger partial charge in [0, 0.05) is 35.6 Å². The number of hydrogen-bond donors (Lipinski definition) is 3. The van der Waals surface area contributed by atoms with E-state index in [1.807, 2.05) is 6.07 Å². The number of carbonyl (C=O) groups excluding carboxylic acids is 2. The molecule has 0 spiro atoms. The topological polar surface area (TPSA) is 84.2 Å². The molecule has 0 heterocycles. The molecule has 0 aromatic heterocycles. The van der Waals surface area contributed by atoms with Crippen LogP contribution in [0.1, 0.15) is 23.7 Å². The summed E-state index contributed by atoms with van der Waals surface area (Å²) in [5.41, 5.74) is 6.08. The van der Waals surface area contributed by atoms with Crippen molar-refractivity contribution in [1.29, 1.82) is 0 Å². The lowest BCUT2D eigenvalue weighted by Gasteiger charge is -2.08. The van der Waals surface area contributed by atoms with Crippen molar-refractivity contribution in [3.63, 3.8) is 0 Å². The number of hydrogen-bond acceptors (Lipinski definition) is 3. The van der Waals surface area contributed by atoms with Crippen molar-refractivity contribution in [3.8, 4) is 0 Å². The minimum Gasteiger partial charge on any atom is -0.354 e. The Bertz CT molecular complexity index is 455. The Hall–Kier alpha value is -1.11. The highest BCUT2D eigenvalue weighted by molar-refractivity contribution is 9.10. The molecular weight excluding hydrogens is 346 g/mol. The van der Waals surface area contributed by atoms with Crippen LogP contribution in [0.2, 0.25) is 0 Å². The van der Waals surface area contributed by atoms with Crippen LogP contribution in [0, 0.1) is 0 Å². The molecule has 7 heteroatoms. The van der Waals surface area contributed by atoms with E-state index < -0.39 is 0 Å². The molecule has 4 N–H and O–H groups in total. The first-order chi connectivity index (χ1) is 8.99. The van der Waals surface area contributed by atoms with Crippen LogP contribution in [0.3, 0.4) is 0 Å². The molecule has 112 valence electrons. The third-order valence-electron chi connectivity index (χ3n) is 2.33. The van der Waals surface area contributed by atoms with E-state index in [2.05, 4.69) is 26.6 Å². The molecule has 2 amide bonds. The second-order valence-corrected chi connectivity index (χ2v) is 5.21. The first kappa shape index (κ1) is 18.9. The summed E-state index contributed by atoms with van der Waals surface area (Å²) in [5, 5.41) is 5.42. The Morgan fingerprint density at radius 3 is 2.55 bits per heavy atom. The van der Waals surface area contributed by atoms with Gasteiger partial charge in [-0.25, -0.2) is 0 Å². The Balaban J connectivity index is 0.00000361. The number of carbonyl (C=O) groups is 2. The summed E-state index contributed by atoms with van der Waals surface area (Å²) in [4.78, 5) is 23.1. The third kappa shape index (κ3) is 7.47. The fourth-order valence-corrected chi connectivity index (χ4v) is 1.87. The van der Waals surface area contributed by atoms with Gasteiger partial charge in [-0.05, 0) is 25.1 Å². The van der Waals surface area contributed by atoms with Gasteiger partial charge in [0.15, 0.2) is 0 Å². The van der Waals surface area contributed by atoms with Gasteiger partial charge in [0.1, 0.15) is 0 Å². The fourth-order valence-electron chi connectivity index (χ4n) is 1.47. The summed E-state index contributed by atoms with van der Waals surface area (Å²) in [5.74, 6) is -0.269. The Morgan fingerprint density at radius 2 is 1.95 bits per heavy atom. The van der Waals surface area contributed by atoms with Crippen LogP contribution in [0.15, 0.2) is 28.7 Å². The zero-order valence-corrected chi connectivity index (χ0v) is 13.6. The molecule has 1 rings (SSSR count). The smallest absolute Gasteiger partial charge is 0.251 e. The Kier molecular flexibility index (Phi) is 9.20. The number of benzene rings is 1. The molecule has 0 bridgehead atoms. The summed E-state index contributed by atoms with van der Waals surface area (Å²) in [6.07, 6.45) is 0.291. The zero-order valence-electron chi connectivity index (χ0n) is 11.2. The monoisotopic (exact) mass is 363 g/mol. The number of amides is 2. The largest absolute Gasteiger partial charge is 0.354 e. The van der Waals surface area contributed by atoms with Crippen molar-refractivity contribution in [2.75, 3.05) is 13.1 Å². The first-order valence-corrected chi connectivity index (χ1v) is 6.84. The molecule has 1 aromatic carbocycles. The molecule has 5 nitrogen and oxygen atoms in total. The number of nitrogens with two attached hydrogens (primary N) is 1. The van der Waals surface area contributed by atoms with Gasteiger partial charge in [0.2, 0.25) is 5.91 Å². The average molecular weight is 365 g/mol. The zero-order chi connectivity index (χ0) is 14.3. The first-order valence-electron chi connectivity index (χ1n) is 6.05. The van der Waals surface area contributed by atoms with E-state index >= 15 is 0 Å². The van der Waals surface area contributed by atoms with Crippen molar-refractivity contribution in [3.05, 3.63) is 34.3 Å². The van der Waals surface area contributed by atoms with E-state index in [0.717, 1.165) is 4.47 Å². The van der Waals surface area contributed by atoms with Gasteiger partial charge in [-0.1, -0.05) is 22.0 Å². The molecule has 1 atom stereocenters. The number of halogens is 2. The van der Waals surface area contributed by atoms with Crippen LogP contribution < -0.4 is 16.4 Å². The van der Waals surface area contributed by atoms with Gasteiger partial charge >= 0.3 is 0 Å². The minimum atomic E-state index is -0.164. The van der Waals surface area contributed by atoms with E-state index in [0.29, 0.717) is 25.1 Å². The molecular formula is C13H19BrClN3O2. The molecule has 1 unspecified atom stereocenters. The maximum atomic E-state index is 11.8. The van der Waals surface area contributed by atoms with Crippen LogP contribution in [0.5, 0.6) is 0 Å². The predicted molar refractivity (Wildman–Crippen MR) is 85.0 cm³/mol. The average Bonchev–Trinajstić information content (AvgIpc) is 2.33. The summed E-state index contributed by atoms with van der Waals surface area (Å²) >= 11 is 3.31. The molecule has 0 radical (unpaired) electrons. The molecule has 1 aromatic rings. The van der Waals surface area contributed by atoms with Crippen LogP contribution in [-0.4, -0.2) is 30.9 Å². The SMILES string of the molecule is CC(N)CC(=O)NCCNC(=O)c1cccc(Br)c1.Cl. The van der Waals surface area contributed by atoms with E-state index in [-0.39, 0.29) is 30.3 Å². The standard InChI is InChI=1S/C13H18BrN3O2.ClH/c1-9(15)7-12(18)16-5-6-17-13(19)10-3-2-4-11(14)8-10;/h2-4,8-9H,5-7,15H2,1H3,(H,16,18)(H,17,19);1H. The summed E-state index contributed by atoms with van der Waals surface area (Å²) < 4.78 is 0.852. The van der Waals surface area contributed by atoms with Gasteiger partial charge in [-0.2, -0.15) is 0 Å². The van der Waals surface area contributed by atoms with Gasteiger partial charge in [0.05, 0.1) is 0 Å². The maximum Gasteiger partial charge on any atom is 0.251 e. The highest BCUT2D eigenvalue weighted by atomic mass is 79.9. The van der Waals surface area contributed by atoms with Crippen LogP contribution in [-0.2, 0) is 4.79 Å². The molecule has 0 aliphatic carbocycles. The van der Waals surface area contributed by atoms with Crippen LogP contribution in [0.25, 0.3) is 0 Å². The Morgan fingerprint density at radius 1 is 1.30 bits per heavy atom. The quantitative estimate of drug-likeness (QED) is 0.668. The molecule has 0 aliphatic heterocycles. The normalized spacial score (nSPS) is 11.2. The van der Waals surface area contributed by atoms with Crippen molar-refractivity contribution >= 4 is 40.2 Å². The molecule has 0 saturated carbocycles. The van der Waals surface area contributed by atoms with Crippen LogP contribution >= 0.6 is 28.3 Å². The van der Waals surface area contributed by atoms with Crippen LogP contribution in [0.4, 0.5) is 0 Å². The second kappa shape index (κ2) is 9.74. The Labute approximate surface area is 133 Å². The van der Waals surface area contributed by atoms with Crippen molar-refractivity contribution in [1.82, 2.24) is 10.6 Å². The molecule has 0 saturated heterocycles. The van der Waals surface area contributed by atoms with E-state index in [4.69, 9.17) is 5.73 Å². The van der Waals surface area contributed by atoms with Crippen molar-refractivity contribution in [2.24, 2.45) is 5.73 Å². The van der Waals surface area contributed by atoms with Gasteiger partial charge in [-0.15, -0.1) is 12.4 Å². The minimum absolute atomic E-state index is 0. The number of nitrogens with one attached hydrogen (secondary N) is 2. The van der Waals surface area contributed by atoms with Gasteiger partial charge < -0.3 is 16.4 Å². The molecule has 0 fully saturated rings. The lowest BCUT2D eigenvalue weighted by Crippen LogP contribution is -2.36. The van der Waals surface area contributed by atoms with E-state index in [1.54, 1.807) is 25.1 Å². The van der Waals surface area contributed by atoms with Gasteiger partial charge in [-0.3, -0.25) is 9.59 Å². The molecule has 20 heavy (non-hydrogen) atoms. The van der Waals surface area contributed by atoms with Gasteiger partial charge in [0.25, 0.3) is 5.91 Å². The second-order valence-electron chi connectivity index (χ2n) is 4.30. The number of rotatable bonds is 6. The fraction of sp³-hybridized carbons (Fsp3) is 0.385. The predicted octanol–water partition coefficient (Wildman–Crippen LogP) is 1.45. The lowest BCUT2D eigenvalue weighted by atomic mass is 10.2. The van der Waals surface area contributed by atoms with E-state index in [1.165, 1.54) is 0 Å². The highest BCUT2D eigenvalue weighted by Gasteiger charge is 2.06. The summed E-state index contributed by atoms with van der Waals surface area (Å²) in [6.45, 7) is 2.55. The highest BCUT2D eigenvalue weighted by Crippen LogP contribution is 2.11. The summed E-state index contributed by atoms with van der Waals surface area (Å²) in [7, 11) is 0. The third-order valence-corrected chi connectivity index (χ3v) is 2.82. The van der Waals surface area contributed by atoms with Crippen molar-refractivity contribution < 1.29 is 9.59 Å². The summed E-state index contributed by atoms with van der Waals surface area (Å²) in [6, 6.07) is 6.96. The maximum absolute atomic E-state index is 11.8. The lowest BCUT2D eigenvalue weighted by molar-refractivity contribution is -0.121. The van der Waals surface area contributed by atoms with Crippen molar-refractivity contribution in [2.45, 2.75) is 19.4 Å². The molecule has 0 aliphatic rings.